The van der Waals surface area contributed by atoms with E-state index in [1.54, 1.807) is 0 Å². The first-order valence-electron chi connectivity index (χ1n) is 11.6. The highest BCUT2D eigenvalue weighted by Gasteiger charge is 2.35. The van der Waals surface area contributed by atoms with E-state index in [0.717, 1.165) is 37.1 Å². The van der Waals surface area contributed by atoms with E-state index in [1.807, 2.05) is 13.0 Å². The summed E-state index contributed by atoms with van der Waals surface area (Å²) in [5.74, 6) is -6.03. The summed E-state index contributed by atoms with van der Waals surface area (Å²) >= 11 is 0. The average Bonchev–Trinajstić information content (AvgIpc) is 2.87. The van der Waals surface area contributed by atoms with Crippen LogP contribution in [-0.2, 0) is 15.6 Å². The van der Waals surface area contributed by atoms with E-state index < -0.39 is 47.0 Å². The van der Waals surface area contributed by atoms with Crippen molar-refractivity contribution in [2.24, 2.45) is 5.92 Å². The van der Waals surface area contributed by atoms with Crippen LogP contribution in [0.4, 0.5) is 26.3 Å². The van der Waals surface area contributed by atoms with E-state index in [-0.39, 0.29) is 17.0 Å². The number of allylic oxidation sites excluding steroid dienone is 2. The topological polar surface area (TPSA) is 27.7 Å². The van der Waals surface area contributed by atoms with Crippen molar-refractivity contribution in [2.75, 3.05) is 13.2 Å². The standard InChI is InChI=1S/C28H24F6O3/c1-2-3-4-5-17-15-35-27(36-16-17)18-6-8-20(9-7-18)28(33,34)37-21-10-11-22(23(29)14-21)19-12-24(30)26(32)25(31)13-19/h2-3,6-14,17,27H,4-5,15-16H2,1H3/b3-2+. The quantitative estimate of drug-likeness (QED) is 0.170. The Kier molecular flexibility index (Phi) is 8.24. The molecule has 0 aromatic heterocycles. The van der Waals surface area contributed by atoms with Crippen LogP contribution in [0.3, 0.4) is 0 Å². The maximum absolute atomic E-state index is 14.8. The molecule has 0 unspecified atom stereocenters. The van der Waals surface area contributed by atoms with Crippen LogP contribution in [0.2, 0.25) is 0 Å². The van der Waals surface area contributed by atoms with Crippen molar-refractivity contribution in [3.63, 3.8) is 0 Å². The maximum atomic E-state index is 14.8. The second-order valence-electron chi connectivity index (χ2n) is 8.65. The zero-order chi connectivity index (χ0) is 26.6. The smallest absolute Gasteiger partial charge is 0.426 e. The average molecular weight is 522 g/mol. The molecule has 1 saturated heterocycles. The fourth-order valence-electron chi connectivity index (χ4n) is 3.95. The van der Waals surface area contributed by atoms with Crippen LogP contribution in [-0.4, -0.2) is 13.2 Å². The zero-order valence-electron chi connectivity index (χ0n) is 19.8. The van der Waals surface area contributed by atoms with Crippen LogP contribution in [0.15, 0.2) is 66.7 Å². The molecular weight excluding hydrogens is 498 g/mol. The first-order chi connectivity index (χ1) is 17.7. The molecule has 3 nitrogen and oxygen atoms in total. The van der Waals surface area contributed by atoms with Crippen molar-refractivity contribution in [3.05, 3.63) is 101 Å². The Morgan fingerprint density at radius 3 is 2.14 bits per heavy atom. The molecule has 1 fully saturated rings. The van der Waals surface area contributed by atoms with Crippen LogP contribution < -0.4 is 4.74 Å². The lowest BCUT2D eigenvalue weighted by Gasteiger charge is -2.29. The van der Waals surface area contributed by atoms with E-state index in [4.69, 9.17) is 14.2 Å². The van der Waals surface area contributed by atoms with Gasteiger partial charge in [-0.25, -0.2) is 17.6 Å². The first-order valence-corrected chi connectivity index (χ1v) is 11.6. The van der Waals surface area contributed by atoms with Crippen molar-refractivity contribution >= 4 is 0 Å². The molecule has 3 aromatic carbocycles. The number of benzene rings is 3. The molecule has 9 heteroatoms. The molecule has 37 heavy (non-hydrogen) atoms. The second-order valence-corrected chi connectivity index (χ2v) is 8.65. The maximum Gasteiger partial charge on any atom is 0.426 e. The number of hydrogen-bond donors (Lipinski definition) is 0. The molecule has 4 rings (SSSR count). The normalized spacial score (nSPS) is 18.4. The van der Waals surface area contributed by atoms with Gasteiger partial charge in [-0.1, -0.05) is 24.3 Å². The fraction of sp³-hybridized carbons (Fsp3) is 0.286. The third kappa shape index (κ3) is 6.34. The van der Waals surface area contributed by atoms with Crippen molar-refractivity contribution in [2.45, 2.75) is 32.2 Å². The summed E-state index contributed by atoms with van der Waals surface area (Å²) in [5, 5.41) is 0. The van der Waals surface area contributed by atoms with E-state index in [9.17, 15) is 26.3 Å². The van der Waals surface area contributed by atoms with Gasteiger partial charge in [0.15, 0.2) is 23.7 Å². The summed E-state index contributed by atoms with van der Waals surface area (Å²) in [7, 11) is 0. The van der Waals surface area contributed by atoms with Gasteiger partial charge in [0, 0.05) is 23.1 Å². The van der Waals surface area contributed by atoms with Crippen LogP contribution in [0.25, 0.3) is 11.1 Å². The monoisotopic (exact) mass is 522 g/mol. The van der Waals surface area contributed by atoms with E-state index in [1.165, 1.54) is 12.1 Å². The van der Waals surface area contributed by atoms with Gasteiger partial charge in [-0.05, 0) is 61.7 Å². The van der Waals surface area contributed by atoms with E-state index >= 15 is 0 Å². The van der Waals surface area contributed by atoms with Gasteiger partial charge in [-0.3, -0.25) is 0 Å². The summed E-state index contributed by atoms with van der Waals surface area (Å²) in [6.45, 7) is 2.96. The third-order valence-corrected chi connectivity index (χ3v) is 5.94. The van der Waals surface area contributed by atoms with Crippen LogP contribution in [0, 0.1) is 29.2 Å². The molecule has 0 saturated carbocycles. The minimum atomic E-state index is -3.81. The number of halogens is 6. The highest BCUT2D eigenvalue weighted by Crippen LogP contribution is 2.35. The van der Waals surface area contributed by atoms with Gasteiger partial charge >= 0.3 is 6.11 Å². The lowest BCUT2D eigenvalue weighted by Crippen LogP contribution is -2.27. The molecule has 0 radical (unpaired) electrons. The fourth-order valence-corrected chi connectivity index (χ4v) is 3.95. The summed E-state index contributed by atoms with van der Waals surface area (Å²) in [4.78, 5) is 0. The van der Waals surface area contributed by atoms with Crippen LogP contribution in [0.1, 0.15) is 37.2 Å². The van der Waals surface area contributed by atoms with E-state index in [0.29, 0.717) is 37.0 Å². The van der Waals surface area contributed by atoms with Gasteiger partial charge in [-0.15, -0.1) is 0 Å². The Morgan fingerprint density at radius 1 is 0.892 bits per heavy atom. The second kappa shape index (κ2) is 11.4. The Labute approximate surface area is 210 Å². The van der Waals surface area contributed by atoms with Crippen molar-refractivity contribution < 1.29 is 40.6 Å². The molecule has 0 amide bonds. The molecular formula is C28H24F6O3. The molecule has 0 bridgehead atoms. The van der Waals surface area contributed by atoms with Gasteiger partial charge in [0.1, 0.15) is 11.6 Å². The van der Waals surface area contributed by atoms with Gasteiger partial charge in [0.2, 0.25) is 0 Å². The van der Waals surface area contributed by atoms with Gasteiger partial charge in [-0.2, -0.15) is 8.78 Å². The Hall–Kier alpha value is -3.30. The highest BCUT2D eigenvalue weighted by atomic mass is 19.3. The summed E-state index contributed by atoms with van der Waals surface area (Å²) in [6.07, 6.45) is 1.44. The lowest BCUT2D eigenvalue weighted by molar-refractivity contribution is -0.206. The molecule has 3 aromatic rings. The van der Waals surface area contributed by atoms with Crippen LogP contribution >= 0.6 is 0 Å². The van der Waals surface area contributed by atoms with Gasteiger partial charge < -0.3 is 14.2 Å². The molecule has 0 N–H and O–H groups in total. The number of alkyl halides is 2. The van der Waals surface area contributed by atoms with Crippen molar-refractivity contribution in [1.29, 1.82) is 0 Å². The Morgan fingerprint density at radius 2 is 1.54 bits per heavy atom. The minimum Gasteiger partial charge on any atom is -0.429 e. The predicted molar refractivity (Wildman–Crippen MR) is 125 cm³/mol. The third-order valence-electron chi connectivity index (χ3n) is 5.94. The van der Waals surface area contributed by atoms with Gasteiger partial charge in [0.05, 0.1) is 18.8 Å². The number of ether oxygens (including phenoxy) is 3. The first kappa shape index (κ1) is 26.8. The number of hydrogen-bond acceptors (Lipinski definition) is 3. The molecule has 0 aliphatic carbocycles. The zero-order valence-corrected chi connectivity index (χ0v) is 19.8. The largest absolute Gasteiger partial charge is 0.429 e. The summed E-state index contributed by atoms with van der Waals surface area (Å²) in [6, 6.07) is 9.12. The van der Waals surface area contributed by atoms with Crippen LogP contribution in [0.5, 0.6) is 5.75 Å². The lowest BCUT2D eigenvalue weighted by atomic mass is 10.0. The van der Waals surface area contributed by atoms with Crippen molar-refractivity contribution in [3.8, 4) is 16.9 Å². The molecule has 1 aliphatic heterocycles. The Bertz CT molecular complexity index is 1230. The number of rotatable bonds is 8. The summed E-state index contributed by atoms with van der Waals surface area (Å²) < 4.78 is 100. The van der Waals surface area contributed by atoms with Gasteiger partial charge in [0.25, 0.3) is 0 Å². The molecule has 1 heterocycles. The molecule has 196 valence electrons. The highest BCUT2D eigenvalue weighted by molar-refractivity contribution is 5.65. The SMILES string of the molecule is C/C=C/CCC1COC(c2ccc(C(F)(F)Oc3ccc(-c4cc(F)c(F)c(F)c4)c(F)c3)cc2)OC1. The molecule has 0 atom stereocenters. The Balaban J connectivity index is 1.41. The van der Waals surface area contributed by atoms with E-state index in [2.05, 4.69) is 6.08 Å². The van der Waals surface area contributed by atoms with Crippen molar-refractivity contribution in [1.82, 2.24) is 0 Å². The predicted octanol–water partition coefficient (Wildman–Crippen LogP) is 8.06. The summed E-state index contributed by atoms with van der Waals surface area (Å²) in [5.41, 5.74) is -0.516. The molecule has 0 spiro atoms. The molecule has 1 aliphatic rings. The minimum absolute atomic E-state index is 0.261.